The Morgan fingerprint density at radius 1 is 1.32 bits per heavy atom. The van der Waals surface area contributed by atoms with Crippen molar-refractivity contribution in [3.05, 3.63) is 29.8 Å². The summed E-state index contributed by atoms with van der Waals surface area (Å²) in [5.41, 5.74) is 4.63. The smallest absolute Gasteiger partial charge is 0.159 e. The van der Waals surface area contributed by atoms with Crippen LogP contribution in [0.1, 0.15) is 31.2 Å². The number of benzene rings is 1. The highest BCUT2D eigenvalue weighted by molar-refractivity contribution is 5.31. The third-order valence-corrected chi connectivity index (χ3v) is 3.35. The number of hydrogen-bond acceptors (Lipinski definition) is 3. The lowest BCUT2D eigenvalue weighted by Gasteiger charge is -2.25. The summed E-state index contributed by atoms with van der Waals surface area (Å²) in [6, 6.07) is 7.24. The van der Waals surface area contributed by atoms with Gasteiger partial charge in [0.05, 0.1) is 12.7 Å². The molecule has 0 heterocycles. The molecule has 2 rings (SSSR count). The van der Waals surface area contributed by atoms with Gasteiger partial charge in [-0.2, -0.15) is 0 Å². The quantitative estimate of drug-likeness (QED) is 0.787. The predicted octanol–water partition coefficient (Wildman–Crippen LogP) is 2.78. The van der Waals surface area contributed by atoms with Gasteiger partial charge >= 0.3 is 0 Å². The van der Waals surface area contributed by atoms with E-state index in [4.69, 9.17) is 15.2 Å². The molecule has 19 heavy (non-hydrogen) atoms. The van der Waals surface area contributed by atoms with Gasteiger partial charge in [-0.15, -0.1) is 0 Å². The van der Waals surface area contributed by atoms with Crippen LogP contribution in [0.5, 0.6) is 5.75 Å². The van der Waals surface area contributed by atoms with Crippen LogP contribution in [0.25, 0.3) is 0 Å². The molecule has 1 aliphatic carbocycles. The van der Waals surface area contributed by atoms with Crippen molar-refractivity contribution < 1.29 is 13.9 Å². The van der Waals surface area contributed by atoms with Gasteiger partial charge in [0, 0.05) is 7.11 Å². The number of ether oxygens (including phenoxy) is 2. The van der Waals surface area contributed by atoms with Crippen LogP contribution < -0.4 is 10.5 Å². The fraction of sp³-hybridized carbons (Fsp3) is 0.600. The molecule has 1 unspecified atom stereocenters. The van der Waals surface area contributed by atoms with E-state index in [1.165, 1.54) is 7.11 Å². The molecule has 0 saturated heterocycles. The molecule has 3 nitrogen and oxygen atoms in total. The number of methoxy groups -OCH3 is 1. The third kappa shape index (κ3) is 3.91. The number of halogens is 1. The van der Waals surface area contributed by atoms with Crippen LogP contribution >= 0.6 is 0 Å². The minimum absolute atomic E-state index is 0.0514. The highest BCUT2D eigenvalue weighted by atomic mass is 19.1. The van der Waals surface area contributed by atoms with E-state index in [2.05, 4.69) is 0 Å². The first-order chi connectivity index (χ1) is 9.18. The molecule has 0 amide bonds. The van der Waals surface area contributed by atoms with E-state index >= 15 is 0 Å². The van der Waals surface area contributed by atoms with Gasteiger partial charge in [0.25, 0.3) is 0 Å². The van der Waals surface area contributed by atoms with Gasteiger partial charge in [0.1, 0.15) is 5.75 Å². The monoisotopic (exact) mass is 267 g/mol. The number of alkyl halides is 1. The molecule has 0 aliphatic heterocycles. The molecular weight excluding hydrogens is 245 g/mol. The molecular formula is C15H22FNO2. The second-order valence-corrected chi connectivity index (χ2v) is 5.13. The Kier molecular flexibility index (Phi) is 4.77. The number of nitrogens with two attached hydrogens (primary N) is 1. The predicted molar refractivity (Wildman–Crippen MR) is 73.0 cm³/mol. The van der Waals surface area contributed by atoms with Crippen molar-refractivity contribution in [2.75, 3.05) is 20.3 Å². The van der Waals surface area contributed by atoms with Crippen LogP contribution in [0.2, 0.25) is 0 Å². The van der Waals surface area contributed by atoms with Crippen LogP contribution in [-0.4, -0.2) is 26.4 Å². The molecule has 106 valence electrons. The number of rotatable bonds is 8. The van der Waals surface area contributed by atoms with Gasteiger partial charge in [0.15, 0.2) is 5.67 Å². The highest BCUT2D eigenvalue weighted by Crippen LogP contribution is 2.33. The zero-order valence-corrected chi connectivity index (χ0v) is 11.4. The van der Waals surface area contributed by atoms with Crippen molar-refractivity contribution in [2.45, 2.75) is 37.5 Å². The van der Waals surface area contributed by atoms with E-state index < -0.39 is 5.67 Å². The van der Waals surface area contributed by atoms with Crippen LogP contribution in [0.3, 0.4) is 0 Å². The highest BCUT2D eigenvalue weighted by Gasteiger charge is 2.31. The molecule has 1 atom stereocenters. The maximum atomic E-state index is 14.9. The molecule has 1 aromatic carbocycles. The average molecular weight is 267 g/mol. The lowest BCUT2D eigenvalue weighted by Crippen LogP contribution is -2.27. The van der Waals surface area contributed by atoms with Crippen molar-refractivity contribution in [3.63, 3.8) is 0 Å². The lowest BCUT2D eigenvalue weighted by atomic mass is 9.91. The average Bonchev–Trinajstić information content (AvgIpc) is 3.21. The Balaban J connectivity index is 2.06. The molecule has 2 N–H and O–H groups in total. The summed E-state index contributed by atoms with van der Waals surface area (Å²) in [5.74, 6) is 0.810. The molecule has 1 saturated carbocycles. The third-order valence-electron chi connectivity index (χ3n) is 3.35. The van der Waals surface area contributed by atoms with E-state index in [0.29, 0.717) is 31.1 Å². The fourth-order valence-electron chi connectivity index (χ4n) is 2.12. The molecule has 0 bridgehead atoms. The minimum atomic E-state index is -1.47. The van der Waals surface area contributed by atoms with Crippen LogP contribution in [0.15, 0.2) is 24.3 Å². The van der Waals surface area contributed by atoms with Gasteiger partial charge < -0.3 is 15.2 Å². The van der Waals surface area contributed by atoms with Crippen molar-refractivity contribution in [1.29, 1.82) is 0 Å². The summed E-state index contributed by atoms with van der Waals surface area (Å²) in [6.07, 6.45) is 3.61. The Hall–Kier alpha value is -1.13. The van der Waals surface area contributed by atoms with Gasteiger partial charge in [0.2, 0.25) is 0 Å². The molecule has 1 aromatic rings. The summed E-state index contributed by atoms with van der Waals surface area (Å²) in [4.78, 5) is 0. The molecule has 4 heteroatoms. The van der Waals surface area contributed by atoms with Crippen molar-refractivity contribution in [3.8, 4) is 5.75 Å². The van der Waals surface area contributed by atoms with E-state index in [0.717, 1.165) is 18.6 Å². The van der Waals surface area contributed by atoms with Gasteiger partial charge in [-0.25, -0.2) is 4.39 Å². The van der Waals surface area contributed by atoms with E-state index in [9.17, 15) is 4.39 Å². The van der Waals surface area contributed by atoms with Crippen molar-refractivity contribution >= 4 is 0 Å². The van der Waals surface area contributed by atoms with Crippen LogP contribution in [-0.2, 0) is 10.4 Å². The summed E-state index contributed by atoms with van der Waals surface area (Å²) in [7, 11) is 1.52. The summed E-state index contributed by atoms with van der Waals surface area (Å²) >= 11 is 0. The molecule has 0 radical (unpaired) electrons. The second-order valence-electron chi connectivity index (χ2n) is 5.13. The Labute approximate surface area is 113 Å². The standard InChI is InChI=1S/C15H22FNO2/c1-18-11-15(16,9-2-10-17)12-3-5-13(6-4-12)19-14-7-8-14/h3-6,14H,2,7-11,17H2,1H3. The van der Waals surface area contributed by atoms with Crippen molar-refractivity contribution in [1.82, 2.24) is 0 Å². The lowest BCUT2D eigenvalue weighted by molar-refractivity contribution is 0.0303. The van der Waals surface area contributed by atoms with Gasteiger partial charge in [-0.1, -0.05) is 12.1 Å². The van der Waals surface area contributed by atoms with Gasteiger partial charge in [-0.05, 0) is 49.9 Å². The Morgan fingerprint density at radius 2 is 2.00 bits per heavy atom. The molecule has 0 aromatic heterocycles. The normalized spacial score (nSPS) is 18.1. The Bertz CT molecular complexity index is 392. The second kappa shape index (κ2) is 6.35. The Morgan fingerprint density at radius 3 is 2.53 bits per heavy atom. The fourth-order valence-corrected chi connectivity index (χ4v) is 2.12. The van der Waals surface area contributed by atoms with Crippen molar-refractivity contribution in [2.24, 2.45) is 5.73 Å². The molecule has 0 spiro atoms. The number of hydrogen-bond donors (Lipinski definition) is 1. The maximum absolute atomic E-state index is 14.9. The van der Waals surface area contributed by atoms with E-state index in [1.807, 2.05) is 12.1 Å². The van der Waals surface area contributed by atoms with Crippen LogP contribution in [0.4, 0.5) is 4.39 Å². The topological polar surface area (TPSA) is 44.5 Å². The van der Waals surface area contributed by atoms with Gasteiger partial charge in [-0.3, -0.25) is 0 Å². The molecule has 1 fully saturated rings. The summed E-state index contributed by atoms with van der Waals surface area (Å²) in [6.45, 7) is 0.536. The molecule has 1 aliphatic rings. The largest absolute Gasteiger partial charge is 0.490 e. The first-order valence-corrected chi connectivity index (χ1v) is 6.83. The first-order valence-electron chi connectivity index (χ1n) is 6.83. The zero-order valence-electron chi connectivity index (χ0n) is 11.4. The SMILES string of the molecule is COCC(F)(CCCN)c1ccc(OC2CC2)cc1. The zero-order chi connectivity index (χ0) is 13.7. The van der Waals surface area contributed by atoms with E-state index in [1.54, 1.807) is 12.1 Å². The first kappa shape index (κ1) is 14.3. The summed E-state index contributed by atoms with van der Waals surface area (Å²) < 4.78 is 25.6. The minimum Gasteiger partial charge on any atom is -0.490 e. The summed E-state index contributed by atoms with van der Waals surface area (Å²) in [5, 5.41) is 0. The van der Waals surface area contributed by atoms with Crippen LogP contribution in [0, 0.1) is 0 Å². The maximum Gasteiger partial charge on any atom is 0.159 e. The van der Waals surface area contributed by atoms with E-state index in [-0.39, 0.29) is 6.61 Å².